The number of fused-ring (bicyclic) bond motifs is 1. The van der Waals surface area contributed by atoms with Gasteiger partial charge in [0.05, 0.1) is 0 Å². The number of carbonyl (C=O) groups excluding carboxylic acids is 1. The Hall–Kier alpha value is -2.35. The number of allylic oxidation sites excluding steroid dienone is 1. The first-order valence-electron chi connectivity index (χ1n) is 5.86. The molecule has 1 aliphatic rings. The van der Waals surface area contributed by atoms with Crippen LogP contribution < -0.4 is 5.73 Å². The van der Waals surface area contributed by atoms with Crippen LogP contribution in [-0.4, -0.2) is 5.91 Å². The summed E-state index contributed by atoms with van der Waals surface area (Å²) in [5.41, 5.74) is 8.37. The lowest BCUT2D eigenvalue weighted by molar-refractivity contribution is 0.100. The van der Waals surface area contributed by atoms with Crippen LogP contribution in [-0.2, 0) is 6.42 Å². The molecule has 1 aliphatic carbocycles. The van der Waals surface area contributed by atoms with Crippen molar-refractivity contribution in [3.8, 4) is 0 Å². The number of nitrogens with two attached hydrogens (primary N) is 1. The summed E-state index contributed by atoms with van der Waals surface area (Å²) in [7, 11) is 0. The third-order valence-corrected chi connectivity index (χ3v) is 2.75. The molecule has 2 aromatic carbocycles. The SMILES string of the molecule is C1=Cc2ccccc2C1.NC(=O)c1ccccc1. The first-order chi connectivity index (χ1) is 8.77. The largest absolute Gasteiger partial charge is 0.366 e. The van der Waals surface area contributed by atoms with Crippen molar-refractivity contribution in [2.24, 2.45) is 5.73 Å². The number of carbonyl (C=O) groups is 1. The van der Waals surface area contributed by atoms with Crippen LogP contribution in [0.2, 0.25) is 0 Å². The van der Waals surface area contributed by atoms with E-state index in [0.717, 1.165) is 6.42 Å². The quantitative estimate of drug-likeness (QED) is 0.814. The summed E-state index contributed by atoms with van der Waals surface area (Å²) >= 11 is 0. The van der Waals surface area contributed by atoms with Crippen LogP contribution in [0, 0.1) is 0 Å². The molecule has 2 aromatic rings. The van der Waals surface area contributed by atoms with E-state index >= 15 is 0 Å². The third-order valence-electron chi connectivity index (χ3n) is 2.75. The Morgan fingerprint density at radius 2 is 1.61 bits per heavy atom. The van der Waals surface area contributed by atoms with Gasteiger partial charge in [-0.05, 0) is 29.7 Å². The van der Waals surface area contributed by atoms with Gasteiger partial charge in [0.25, 0.3) is 0 Å². The normalized spacial score (nSPS) is 11.3. The molecule has 2 nitrogen and oxygen atoms in total. The van der Waals surface area contributed by atoms with Crippen molar-refractivity contribution in [3.63, 3.8) is 0 Å². The molecule has 0 aliphatic heterocycles. The smallest absolute Gasteiger partial charge is 0.248 e. The number of rotatable bonds is 1. The van der Waals surface area contributed by atoms with E-state index in [0.29, 0.717) is 5.56 Å². The predicted molar refractivity (Wildman–Crippen MR) is 74.1 cm³/mol. The zero-order valence-corrected chi connectivity index (χ0v) is 10.0. The Morgan fingerprint density at radius 3 is 2.22 bits per heavy atom. The molecule has 0 unspecified atom stereocenters. The number of primary amides is 1. The Bertz CT molecular complexity index is 558. The van der Waals surface area contributed by atoms with Crippen LogP contribution in [0.25, 0.3) is 6.08 Å². The van der Waals surface area contributed by atoms with Crippen LogP contribution >= 0.6 is 0 Å². The van der Waals surface area contributed by atoms with Gasteiger partial charge in [-0.3, -0.25) is 4.79 Å². The van der Waals surface area contributed by atoms with Crippen molar-refractivity contribution in [2.45, 2.75) is 6.42 Å². The standard InChI is InChI=1S/C9H8.C7H7NO/c1-2-5-9-7-3-6-8(9)4-1;8-7(9)6-4-2-1-3-5-6/h1-6H,7H2;1-5H,(H2,8,9). The molecule has 0 fully saturated rings. The van der Waals surface area contributed by atoms with Gasteiger partial charge in [-0.25, -0.2) is 0 Å². The van der Waals surface area contributed by atoms with Gasteiger partial charge in [0, 0.05) is 5.56 Å². The molecule has 2 N–H and O–H groups in total. The fourth-order valence-corrected chi connectivity index (χ4v) is 1.80. The van der Waals surface area contributed by atoms with Crippen LogP contribution in [0.4, 0.5) is 0 Å². The van der Waals surface area contributed by atoms with E-state index in [4.69, 9.17) is 5.73 Å². The molecule has 18 heavy (non-hydrogen) atoms. The molecule has 2 heteroatoms. The number of benzene rings is 2. The second-order valence-electron chi connectivity index (χ2n) is 4.04. The number of hydrogen-bond acceptors (Lipinski definition) is 1. The van der Waals surface area contributed by atoms with Crippen LogP contribution in [0.3, 0.4) is 0 Å². The van der Waals surface area contributed by atoms with Crippen molar-refractivity contribution in [1.29, 1.82) is 0 Å². The third kappa shape index (κ3) is 3.08. The number of amides is 1. The van der Waals surface area contributed by atoms with E-state index in [1.807, 2.05) is 6.07 Å². The molecule has 0 heterocycles. The summed E-state index contributed by atoms with van der Waals surface area (Å²) in [5.74, 6) is -0.379. The highest BCUT2D eigenvalue weighted by Gasteiger charge is 2.00. The van der Waals surface area contributed by atoms with E-state index in [-0.39, 0.29) is 5.91 Å². The Balaban J connectivity index is 0.000000134. The lowest BCUT2D eigenvalue weighted by Gasteiger charge is -1.93. The lowest BCUT2D eigenvalue weighted by Crippen LogP contribution is -2.09. The fraction of sp³-hybridized carbons (Fsp3) is 0.0625. The van der Waals surface area contributed by atoms with Crippen LogP contribution in [0.15, 0.2) is 60.7 Å². The van der Waals surface area contributed by atoms with Gasteiger partial charge < -0.3 is 5.73 Å². The van der Waals surface area contributed by atoms with E-state index in [2.05, 4.69) is 36.4 Å². The zero-order chi connectivity index (χ0) is 12.8. The molecule has 0 spiro atoms. The summed E-state index contributed by atoms with van der Waals surface area (Å²) in [5, 5.41) is 0. The lowest BCUT2D eigenvalue weighted by atomic mass is 10.1. The zero-order valence-electron chi connectivity index (χ0n) is 10.0. The van der Waals surface area contributed by atoms with Crippen LogP contribution in [0.1, 0.15) is 21.5 Å². The van der Waals surface area contributed by atoms with Crippen molar-refractivity contribution >= 4 is 12.0 Å². The molecule has 1 amide bonds. The molecule has 0 atom stereocenters. The predicted octanol–water partition coefficient (Wildman–Crippen LogP) is 3.04. The van der Waals surface area contributed by atoms with Gasteiger partial charge in [-0.1, -0.05) is 54.6 Å². The van der Waals surface area contributed by atoms with Gasteiger partial charge in [-0.15, -0.1) is 0 Å². The minimum atomic E-state index is -0.379. The Labute approximate surface area is 107 Å². The van der Waals surface area contributed by atoms with Gasteiger partial charge in [-0.2, -0.15) is 0 Å². The molecule has 90 valence electrons. The highest BCUT2D eigenvalue weighted by molar-refractivity contribution is 5.92. The molecule has 0 bridgehead atoms. The minimum absolute atomic E-state index is 0.379. The average Bonchev–Trinajstić information content (AvgIpc) is 2.89. The number of hydrogen-bond donors (Lipinski definition) is 1. The molecule has 0 saturated heterocycles. The first-order valence-corrected chi connectivity index (χ1v) is 5.86. The maximum Gasteiger partial charge on any atom is 0.248 e. The fourth-order valence-electron chi connectivity index (χ4n) is 1.80. The molecule has 0 saturated carbocycles. The highest BCUT2D eigenvalue weighted by Crippen LogP contribution is 2.17. The van der Waals surface area contributed by atoms with Crippen LogP contribution in [0.5, 0.6) is 0 Å². The minimum Gasteiger partial charge on any atom is -0.366 e. The van der Waals surface area contributed by atoms with E-state index in [1.54, 1.807) is 24.3 Å². The molecule has 0 aromatic heterocycles. The van der Waals surface area contributed by atoms with Gasteiger partial charge in [0.2, 0.25) is 5.91 Å². The summed E-state index contributed by atoms with van der Waals surface area (Å²) in [4.78, 5) is 10.4. The monoisotopic (exact) mass is 237 g/mol. The topological polar surface area (TPSA) is 43.1 Å². The molecular weight excluding hydrogens is 222 g/mol. The second kappa shape index (κ2) is 5.82. The van der Waals surface area contributed by atoms with Gasteiger partial charge >= 0.3 is 0 Å². The van der Waals surface area contributed by atoms with Crippen molar-refractivity contribution in [2.75, 3.05) is 0 Å². The summed E-state index contributed by atoms with van der Waals surface area (Å²) in [6.07, 6.45) is 5.50. The van der Waals surface area contributed by atoms with Gasteiger partial charge in [0.1, 0.15) is 0 Å². The van der Waals surface area contributed by atoms with E-state index in [1.165, 1.54) is 11.1 Å². The second-order valence-corrected chi connectivity index (χ2v) is 4.04. The van der Waals surface area contributed by atoms with Crippen molar-refractivity contribution in [3.05, 3.63) is 77.4 Å². The van der Waals surface area contributed by atoms with Crippen molar-refractivity contribution in [1.82, 2.24) is 0 Å². The van der Waals surface area contributed by atoms with Crippen molar-refractivity contribution < 1.29 is 4.79 Å². The molecular formula is C16H15NO. The summed E-state index contributed by atoms with van der Waals surface area (Å²) in [6, 6.07) is 17.3. The Kier molecular flexibility index (Phi) is 3.92. The molecule has 0 radical (unpaired) electrons. The van der Waals surface area contributed by atoms with Gasteiger partial charge in [0.15, 0.2) is 0 Å². The first kappa shape index (κ1) is 12.1. The highest BCUT2D eigenvalue weighted by atomic mass is 16.1. The van der Waals surface area contributed by atoms with E-state index in [9.17, 15) is 4.79 Å². The Morgan fingerprint density at radius 1 is 0.944 bits per heavy atom. The summed E-state index contributed by atoms with van der Waals surface area (Å²) in [6.45, 7) is 0. The molecule has 3 rings (SSSR count). The van der Waals surface area contributed by atoms with E-state index < -0.39 is 0 Å². The maximum atomic E-state index is 10.4. The average molecular weight is 237 g/mol. The maximum absolute atomic E-state index is 10.4. The summed E-state index contributed by atoms with van der Waals surface area (Å²) < 4.78 is 0.